The molecule has 3 N–H and O–H groups in total. The van der Waals surface area contributed by atoms with E-state index in [0.717, 1.165) is 5.75 Å². The zero-order chi connectivity index (χ0) is 18.8. The number of carbonyl (C=O) groups is 2. The Morgan fingerprint density at radius 3 is 2.23 bits per heavy atom. The van der Waals surface area contributed by atoms with E-state index < -0.39 is 0 Å². The Morgan fingerprint density at radius 1 is 1.00 bits per heavy atom. The fraction of sp³-hybridized carbons (Fsp3) is 0.263. The Morgan fingerprint density at radius 2 is 1.62 bits per heavy atom. The van der Waals surface area contributed by atoms with Crippen LogP contribution in [0.4, 0.5) is 11.4 Å². The van der Waals surface area contributed by atoms with Crippen LogP contribution in [0.1, 0.15) is 17.3 Å². The van der Waals surface area contributed by atoms with Gasteiger partial charge < -0.3 is 20.5 Å². The average molecular weight is 374 g/mol. The van der Waals surface area contributed by atoms with E-state index in [1.807, 2.05) is 6.92 Å². The first-order valence-corrected chi connectivity index (χ1v) is 9.40. The van der Waals surface area contributed by atoms with Gasteiger partial charge in [0.05, 0.1) is 19.0 Å². The van der Waals surface area contributed by atoms with Crippen LogP contribution in [0.25, 0.3) is 0 Å². The number of rotatable bonds is 9. The van der Waals surface area contributed by atoms with Crippen molar-refractivity contribution in [1.29, 1.82) is 0 Å². The highest BCUT2D eigenvalue weighted by molar-refractivity contribution is 7.99. The maximum absolute atomic E-state index is 12.3. The fourth-order valence-electron chi connectivity index (χ4n) is 2.14. The van der Waals surface area contributed by atoms with Gasteiger partial charge in [0.1, 0.15) is 5.75 Å². The second kappa shape index (κ2) is 10.5. The molecule has 7 heteroatoms. The number of benzene rings is 2. The summed E-state index contributed by atoms with van der Waals surface area (Å²) in [5, 5.41) is 14.3. The fourth-order valence-corrected chi connectivity index (χ4v) is 2.67. The number of amides is 2. The highest BCUT2D eigenvalue weighted by Gasteiger charge is 2.07. The molecule has 0 aliphatic heterocycles. The Balaban J connectivity index is 1.88. The van der Waals surface area contributed by atoms with Crippen LogP contribution in [0, 0.1) is 0 Å². The molecular formula is C19H22N2O4S. The highest BCUT2D eigenvalue weighted by atomic mass is 32.2. The van der Waals surface area contributed by atoms with Gasteiger partial charge in [-0.15, -0.1) is 11.8 Å². The Hall–Kier alpha value is -2.51. The normalized spacial score (nSPS) is 10.2. The number of ether oxygens (including phenoxy) is 1. The largest absolute Gasteiger partial charge is 0.494 e. The summed E-state index contributed by atoms with van der Waals surface area (Å²) in [6.45, 7) is 2.56. The first-order chi connectivity index (χ1) is 12.6. The second-order valence-electron chi connectivity index (χ2n) is 5.31. The molecule has 26 heavy (non-hydrogen) atoms. The number of aliphatic hydroxyl groups is 1. The van der Waals surface area contributed by atoms with E-state index in [1.165, 1.54) is 11.8 Å². The van der Waals surface area contributed by atoms with Crippen molar-refractivity contribution < 1.29 is 19.4 Å². The third kappa shape index (κ3) is 6.42. The van der Waals surface area contributed by atoms with Crippen LogP contribution in [-0.2, 0) is 4.79 Å². The van der Waals surface area contributed by atoms with Crippen LogP contribution >= 0.6 is 11.8 Å². The first kappa shape index (κ1) is 19.8. The standard InChI is InChI=1S/C19H22N2O4S/c1-2-25-17-9-7-16(8-10-17)21-19(24)14-3-5-15(6-4-14)20-18(23)13-26-12-11-22/h3-10,22H,2,11-13H2,1H3,(H,20,23)(H,21,24). The van der Waals surface area contributed by atoms with E-state index in [-0.39, 0.29) is 24.2 Å². The van der Waals surface area contributed by atoms with Crippen LogP contribution in [0.15, 0.2) is 48.5 Å². The molecule has 0 saturated heterocycles. The number of anilines is 2. The molecular weight excluding hydrogens is 352 g/mol. The summed E-state index contributed by atoms with van der Waals surface area (Å²) >= 11 is 1.36. The first-order valence-electron chi connectivity index (χ1n) is 8.25. The maximum Gasteiger partial charge on any atom is 0.255 e. The van der Waals surface area contributed by atoms with Gasteiger partial charge >= 0.3 is 0 Å². The van der Waals surface area contributed by atoms with E-state index >= 15 is 0 Å². The molecule has 2 rings (SSSR count). The van der Waals surface area contributed by atoms with Gasteiger partial charge in [0, 0.05) is 22.7 Å². The van der Waals surface area contributed by atoms with Crippen molar-refractivity contribution >= 4 is 35.0 Å². The van der Waals surface area contributed by atoms with E-state index in [0.29, 0.717) is 29.3 Å². The van der Waals surface area contributed by atoms with Gasteiger partial charge in [0.15, 0.2) is 0 Å². The van der Waals surface area contributed by atoms with Crippen molar-refractivity contribution in [3.63, 3.8) is 0 Å². The third-order valence-electron chi connectivity index (χ3n) is 3.32. The van der Waals surface area contributed by atoms with Gasteiger partial charge in [0.25, 0.3) is 5.91 Å². The van der Waals surface area contributed by atoms with E-state index in [2.05, 4.69) is 10.6 Å². The van der Waals surface area contributed by atoms with Gasteiger partial charge in [-0.25, -0.2) is 0 Å². The highest BCUT2D eigenvalue weighted by Crippen LogP contribution is 2.17. The van der Waals surface area contributed by atoms with Crippen molar-refractivity contribution in [2.45, 2.75) is 6.92 Å². The summed E-state index contributed by atoms with van der Waals surface area (Å²) in [7, 11) is 0. The average Bonchev–Trinajstić information content (AvgIpc) is 2.64. The van der Waals surface area contributed by atoms with Crippen LogP contribution in [-0.4, -0.2) is 41.6 Å². The van der Waals surface area contributed by atoms with Crippen molar-refractivity contribution in [2.24, 2.45) is 0 Å². The number of carbonyl (C=O) groups excluding carboxylic acids is 2. The summed E-state index contributed by atoms with van der Waals surface area (Å²) in [5.74, 6) is 1.18. The SMILES string of the molecule is CCOc1ccc(NC(=O)c2ccc(NC(=O)CSCCO)cc2)cc1. The Kier molecular flexibility index (Phi) is 7.98. The molecule has 0 atom stereocenters. The lowest BCUT2D eigenvalue weighted by molar-refractivity contribution is -0.113. The molecule has 0 aliphatic rings. The molecule has 0 aromatic heterocycles. The topological polar surface area (TPSA) is 87.7 Å². The third-order valence-corrected chi connectivity index (χ3v) is 4.26. The predicted octanol–water partition coefficient (Wildman–Crippen LogP) is 3.00. The van der Waals surface area contributed by atoms with E-state index in [4.69, 9.17) is 9.84 Å². The van der Waals surface area contributed by atoms with Gasteiger partial charge in [0.2, 0.25) is 5.91 Å². The number of aliphatic hydroxyl groups excluding tert-OH is 1. The smallest absolute Gasteiger partial charge is 0.255 e. The quantitative estimate of drug-likeness (QED) is 0.587. The molecule has 0 heterocycles. The minimum atomic E-state index is -0.231. The lowest BCUT2D eigenvalue weighted by Crippen LogP contribution is -2.15. The number of hydrogen-bond donors (Lipinski definition) is 3. The van der Waals surface area contributed by atoms with Crippen molar-refractivity contribution in [3.8, 4) is 5.75 Å². The molecule has 0 bridgehead atoms. The maximum atomic E-state index is 12.3. The van der Waals surface area contributed by atoms with Crippen molar-refractivity contribution in [2.75, 3.05) is 35.4 Å². The van der Waals surface area contributed by atoms with E-state index in [1.54, 1.807) is 48.5 Å². The van der Waals surface area contributed by atoms with Gasteiger partial charge in [-0.1, -0.05) is 0 Å². The lowest BCUT2D eigenvalue weighted by Gasteiger charge is -2.08. The minimum absolute atomic E-state index is 0.0517. The molecule has 2 aromatic rings. The van der Waals surface area contributed by atoms with Crippen LogP contribution < -0.4 is 15.4 Å². The monoisotopic (exact) mass is 374 g/mol. The molecule has 0 radical (unpaired) electrons. The summed E-state index contributed by atoms with van der Waals surface area (Å²) in [5.41, 5.74) is 1.79. The van der Waals surface area contributed by atoms with Crippen LogP contribution in [0.2, 0.25) is 0 Å². The molecule has 0 aliphatic carbocycles. The molecule has 2 amide bonds. The van der Waals surface area contributed by atoms with Crippen molar-refractivity contribution in [3.05, 3.63) is 54.1 Å². The van der Waals surface area contributed by atoms with E-state index in [9.17, 15) is 9.59 Å². The molecule has 2 aromatic carbocycles. The number of hydrogen-bond acceptors (Lipinski definition) is 5. The Labute approximate surface area is 156 Å². The summed E-state index contributed by atoms with van der Waals surface area (Å²) in [6.07, 6.45) is 0. The molecule has 0 fully saturated rings. The molecule has 0 unspecified atom stereocenters. The second-order valence-corrected chi connectivity index (χ2v) is 6.42. The van der Waals surface area contributed by atoms with Crippen LogP contribution in [0.3, 0.4) is 0 Å². The summed E-state index contributed by atoms with van der Waals surface area (Å²) < 4.78 is 5.37. The minimum Gasteiger partial charge on any atom is -0.494 e. The predicted molar refractivity (Wildman–Crippen MR) is 105 cm³/mol. The van der Waals surface area contributed by atoms with Gasteiger partial charge in [-0.2, -0.15) is 0 Å². The van der Waals surface area contributed by atoms with Gasteiger partial charge in [-0.3, -0.25) is 9.59 Å². The summed E-state index contributed by atoms with van der Waals surface area (Å²) in [4.78, 5) is 24.0. The molecule has 0 spiro atoms. The summed E-state index contributed by atoms with van der Waals surface area (Å²) in [6, 6.07) is 13.8. The number of nitrogens with one attached hydrogen (secondary N) is 2. The zero-order valence-corrected chi connectivity index (χ0v) is 15.3. The van der Waals surface area contributed by atoms with Crippen molar-refractivity contribution in [1.82, 2.24) is 0 Å². The zero-order valence-electron chi connectivity index (χ0n) is 14.5. The molecule has 0 saturated carbocycles. The van der Waals surface area contributed by atoms with Gasteiger partial charge in [-0.05, 0) is 55.5 Å². The number of thioether (sulfide) groups is 1. The van der Waals surface area contributed by atoms with Crippen LogP contribution in [0.5, 0.6) is 5.75 Å². The molecule has 138 valence electrons. The lowest BCUT2D eigenvalue weighted by atomic mass is 10.2. The Bertz CT molecular complexity index is 717. The molecule has 6 nitrogen and oxygen atoms in total.